The fourth-order valence-electron chi connectivity index (χ4n) is 4.81. The monoisotopic (exact) mass is 541 g/mol. The van der Waals surface area contributed by atoms with Crippen molar-refractivity contribution in [2.24, 2.45) is 10.4 Å². The van der Waals surface area contributed by atoms with E-state index in [0.717, 1.165) is 12.1 Å². The predicted octanol–water partition coefficient (Wildman–Crippen LogP) is 5.88. The van der Waals surface area contributed by atoms with E-state index in [9.17, 15) is 9.59 Å². The van der Waals surface area contributed by atoms with E-state index in [0.29, 0.717) is 30.0 Å². The summed E-state index contributed by atoms with van der Waals surface area (Å²) in [5.74, 6) is -0.0433. The molecule has 1 saturated carbocycles. The highest BCUT2D eigenvalue weighted by molar-refractivity contribution is 14.1. The summed E-state index contributed by atoms with van der Waals surface area (Å²) in [6.07, 6.45) is 13.0. The Morgan fingerprint density at radius 2 is 1.84 bits per heavy atom. The highest BCUT2D eigenvalue weighted by atomic mass is 127. The standard InChI is InChI=1S/C25H40IN3O2/c1-7-27-16-21(14-22(20(4)30)28-23(26)31)9-8-18(2)17-29-19(3)15-24(5,6)10-11-25(29)12-13-25/h8-9,16,19,22H,7,10-15,17H2,1-6H3,(H,28,31)/b18-8+,21-9-,27-16?/t19-,22+/m0/s1. The molecule has 0 aromatic carbocycles. The normalized spacial score (nSPS) is 24.8. The molecule has 0 bridgehead atoms. The molecule has 2 fully saturated rings. The number of carbonyl (C=O) groups is 2. The molecule has 0 unspecified atom stereocenters. The first-order valence-electron chi connectivity index (χ1n) is 11.6. The Balaban J connectivity index is 2.16. The van der Waals surface area contributed by atoms with E-state index < -0.39 is 6.04 Å². The number of nitrogens with zero attached hydrogens (tertiary/aromatic N) is 2. The van der Waals surface area contributed by atoms with Crippen LogP contribution in [0.15, 0.2) is 28.3 Å². The smallest absolute Gasteiger partial charge is 0.281 e. The van der Waals surface area contributed by atoms with Gasteiger partial charge in [0.15, 0.2) is 5.78 Å². The first kappa shape index (κ1) is 26.2. The Morgan fingerprint density at radius 3 is 2.39 bits per heavy atom. The van der Waals surface area contributed by atoms with Gasteiger partial charge in [-0.2, -0.15) is 0 Å². The lowest BCUT2D eigenvalue weighted by molar-refractivity contribution is -0.118. The third-order valence-electron chi connectivity index (χ3n) is 6.74. The van der Waals surface area contributed by atoms with Crippen molar-refractivity contribution in [1.29, 1.82) is 0 Å². The van der Waals surface area contributed by atoms with Crippen LogP contribution in [0.2, 0.25) is 0 Å². The third kappa shape index (κ3) is 8.12. The Hall–Kier alpha value is -1.02. The number of aliphatic imine (C=N–C) groups is 1. The number of Topliss-reactive ketones (excluding diaryl/α,β-unsaturated/α-hetero) is 1. The molecule has 2 rings (SSSR count). The molecule has 0 aromatic rings. The molecule has 2 atom stereocenters. The Bertz CT molecular complexity index is 750. The molecule has 1 amide bonds. The van der Waals surface area contributed by atoms with Gasteiger partial charge in [0.05, 0.1) is 6.04 Å². The van der Waals surface area contributed by atoms with Gasteiger partial charge >= 0.3 is 0 Å². The maximum absolute atomic E-state index is 12.0. The molecule has 1 aliphatic carbocycles. The zero-order valence-electron chi connectivity index (χ0n) is 20.1. The first-order chi connectivity index (χ1) is 14.5. The molecule has 2 aliphatic rings. The Kier molecular flexibility index (Phi) is 9.49. The van der Waals surface area contributed by atoms with Gasteiger partial charge in [0, 0.05) is 59.9 Å². The summed E-state index contributed by atoms with van der Waals surface area (Å²) in [5, 5.41) is 2.75. The van der Waals surface area contributed by atoms with Crippen molar-refractivity contribution in [3.05, 3.63) is 23.3 Å². The van der Waals surface area contributed by atoms with Crippen molar-refractivity contribution in [2.75, 3.05) is 13.1 Å². The quantitative estimate of drug-likeness (QED) is 0.131. The average Bonchev–Trinajstić information content (AvgIpc) is 3.46. The largest absolute Gasteiger partial charge is 0.337 e. The van der Waals surface area contributed by atoms with Crippen molar-refractivity contribution in [1.82, 2.24) is 10.2 Å². The van der Waals surface area contributed by atoms with Crippen LogP contribution < -0.4 is 5.32 Å². The molecule has 1 N–H and O–H groups in total. The number of rotatable bonds is 9. The minimum atomic E-state index is -0.518. The average molecular weight is 542 g/mol. The van der Waals surface area contributed by atoms with Crippen molar-refractivity contribution < 1.29 is 9.59 Å². The SMILES string of the molecule is CCN=C/C(=C\C=C(/C)CN1[C@@H](C)CC(C)(C)CCC12CC2)C[C@@H](NC(=O)I)C(C)=O. The fraction of sp³-hybridized carbons (Fsp3) is 0.720. The molecule has 174 valence electrons. The number of hydrogen-bond donors (Lipinski definition) is 1. The number of likely N-dealkylation sites (tertiary alicyclic amines) is 1. The maximum atomic E-state index is 12.0. The molecular weight excluding hydrogens is 501 g/mol. The van der Waals surface area contributed by atoms with Crippen molar-refractivity contribution >= 4 is 38.5 Å². The van der Waals surface area contributed by atoms with Crippen LogP contribution in [-0.2, 0) is 4.79 Å². The highest BCUT2D eigenvalue weighted by Gasteiger charge is 2.51. The van der Waals surface area contributed by atoms with E-state index in [1.54, 1.807) is 22.6 Å². The van der Waals surface area contributed by atoms with Crippen molar-refractivity contribution in [3.8, 4) is 0 Å². The molecule has 6 heteroatoms. The number of nitrogens with one attached hydrogen (secondary N) is 1. The van der Waals surface area contributed by atoms with Crippen LogP contribution in [0.25, 0.3) is 0 Å². The molecule has 31 heavy (non-hydrogen) atoms. The van der Waals surface area contributed by atoms with Gasteiger partial charge in [0.2, 0.25) is 0 Å². The zero-order chi connectivity index (χ0) is 23.2. The zero-order valence-corrected chi connectivity index (χ0v) is 22.3. The highest BCUT2D eigenvalue weighted by Crippen LogP contribution is 2.52. The van der Waals surface area contributed by atoms with E-state index in [4.69, 9.17) is 0 Å². The molecule has 1 saturated heterocycles. The number of ketones is 1. The lowest BCUT2D eigenvalue weighted by atomic mass is 9.82. The lowest BCUT2D eigenvalue weighted by Gasteiger charge is -2.36. The van der Waals surface area contributed by atoms with Crippen LogP contribution in [0.3, 0.4) is 0 Å². The first-order valence-corrected chi connectivity index (χ1v) is 12.7. The van der Waals surface area contributed by atoms with Gasteiger partial charge in [0.25, 0.3) is 3.91 Å². The second kappa shape index (κ2) is 11.2. The van der Waals surface area contributed by atoms with Gasteiger partial charge < -0.3 is 5.32 Å². The summed E-state index contributed by atoms with van der Waals surface area (Å²) < 4.78 is -0.218. The minimum Gasteiger partial charge on any atom is -0.337 e. The Labute approximate surface area is 202 Å². The van der Waals surface area contributed by atoms with E-state index >= 15 is 0 Å². The summed E-state index contributed by atoms with van der Waals surface area (Å²) >= 11 is 1.67. The van der Waals surface area contributed by atoms with Crippen LogP contribution in [0.1, 0.15) is 80.1 Å². The molecule has 1 spiro atoms. The van der Waals surface area contributed by atoms with Gasteiger partial charge in [-0.05, 0) is 70.8 Å². The van der Waals surface area contributed by atoms with Crippen LogP contribution in [0.4, 0.5) is 4.79 Å². The topological polar surface area (TPSA) is 61.8 Å². The van der Waals surface area contributed by atoms with E-state index in [1.165, 1.54) is 44.6 Å². The second-order valence-corrected chi connectivity index (χ2v) is 11.2. The number of hydrogen-bond acceptors (Lipinski definition) is 4. The molecule has 1 heterocycles. The molecule has 5 nitrogen and oxygen atoms in total. The molecule has 0 radical (unpaired) electrons. The maximum Gasteiger partial charge on any atom is 0.281 e. The van der Waals surface area contributed by atoms with Crippen LogP contribution >= 0.6 is 22.6 Å². The summed E-state index contributed by atoms with van der Waals surface area (Å²) in [7, 11) is 0. The summed E-state index contributed by atoms with van der Waals surface area (Å²) in [4.78, 5) is 30.6. The number of amides is 1. The van der Waals surface area contributed by atoms with Gasteiger partial charge in [-0.15, -0.1) is 0 Å². The summed E-state index contributed by atoms with van der Waals surface area (Å²) in [6.45, 7) is 14.6. The fourth-order valence-corrected chi connectivity index (χ4v) is 5.19. The molecule has 0 aromatic heterocycles. The molecular formula is C25H40IN3O2. The number of allylic oxidation sites excluding steroid dienone is 2. The van der Waals surface area contributed by atoms with Crippen molar-refractivity contribution in [2.45, 2.75) is 97.7 Å². The van der Waals surface area contributed by atoms with Crippen LogP contribution in [-0.4, -0.2) is 51.5 Å². The van der Waals surface area contributed by atoms with Gasteiger partial charge in [-0.1, -0.05) is 31.6 Å². The van der Waals surface area contributed by atoms with E-state index in [-0.39, 0.29) is 9.70 Å². The van der Waals surface area contributed by atoms with Gasteiger partial charge in [0.1, 0.15) is 0 Å². The van der Waals surface area contributed by atoms with Gasteiger partial charge in [-0.25, -0.2) is 0 Å². The summed E-state index contributed by atoms with van der Waals surface area (Å²) in [5.41, 5.74) is 3.09. The lowest BCUT2D eigenvalue weighted by Crippen LogP contribution is -2.43. The number of halogens is 1. The second-order valence-electron chi connectivity index (χ2n) is 10.2. The Morgan fingerprint density at radius 1 is 1.19 bits per heavy atom. The van der Waals surface area contributed by atoms with E-state index in [1.807, 2.05) is 13.1 Å². The van der Waals surface area contributed by atoms with Crippen LogP contribution in [0, 0.1) is 5.41 Å². The van der Waals surface area contributed by atoms with Gasteiger partial charge in [-0.3, -0.25) is 19.5 Å². The number of carbonyl (C=O) groups excluding carboxylic acids is 2. The third-order valence-corrected chi connectivity index (χ3v) is 7.05. The van der Waals surface area contributed by atoms with Crippen molar-refractivity contribution in [3.63, 3.8) is 0 Å². The summed E-state index contributed by atoms with van der Waals surface area (Å²) in [6, 6.07) is 0.0599. The minimum absolute atomic E-state index is 0.0433. The van der Waals surface area contributed by atoms with Crippen LogP contribution in [0.5, 0.6) is 0 Å². The van der Waals surface area contributed by atoms with E-state index in [2.05, 4.69) is 55.1 Å². The molecule has 1 aliphatic heterocycles. The predicted molar refractivity (Wildman–Crippen MR) is 138 cm³/mol.